The van der Waals surface area contributed by atoms with Crippen molar-refractivity contribution < 1.29 is 17.9 Å². The number of aliphatic hydroxyl groups is 1. The van der Waals surface area contributed by atoms with Gasteiger partial charge < -0.3 is 10.8 Å². The molecule has 18 heavy (non-hydrogen) atoms. The highest BCUT2D eigenvalue weighted by molar-refractivity contribution is 7.89. The summed E-state index contributed by atoms with van der Waals surface area (Å²) in [6.45, 7) is 0.0488. The van der Waals surface area contributed by atoms with E-state index in [1.165, 1.54) is 6.07 Å². The van der Waals surface area contributed by atoms with Crippen LogP contribution in [-0.4, -0.2) is 37.0 Å². The zero-order chi connectivity index (χ0) is 13.3. The number of sulfonamides is 1. The van der Waals surface area contributed by atoms with Crippen molar-refractivity contribution in [2.75, 3.05) is 18.9 Å². The van der Waals surface area contributed by atoms with Gasteiger partial charge in [-0.05, 0) is 31.0 Å². The SMILES string of the molecule is Nc1ccc(S(=O)(=O)N2CCCC2CO)c(F)c1. The number of benzene rings is 1. The monoisotopic (exact) mass is 274 g/mol. The molecule has 100 valence electrons. The van der Waals surface area contributed by atoms with Crippen LogP contribution in [0.5, 0.6) is 0 Å². The number of nitrogens with two attached hydrogens (primary N) is 1. The fourth-order valence-electron chi connectivity index (χ4n) is 2.16. The molecule has 0 aromatic heterocycles. The molecule has 0 spiro atoms. The first kappa shape index (κ1) is 13.3. The molecule has 1 heterocycles. The Labute approximate surface area is 105 Å². The summed E-state index contributed by atoms with van der Waals surface area (Å²) in [6.07, 6.45) is 1.26. The number of rotatable bonds is 3. The second-order valence-electron chi connectivity index (χ2n) is 4.28. The lowest BCUT2D eigenvalue weighted by Crippen LogP contribution is -2.37. The maximum Gasteiger partial charge on any atom is 0.246 e. The molecule has 7 heteroatoms. The van der Waals surface area contributed by atoms with Gasteiger partial charge in [0.1, 0.15) is 10.7 Å². The lowest BCUT2D eigenvalue weighted by atomic mass is 10.2. The van der Waals surface area contributed by atoms with Gasteiger partial charge in [-0.1, -0.05) is 0 Å². The number of nitrogens with zero attached hydrogens (tertiary/aromatic N) is 1. The first-order valence-corrected chi connectivity index (χ1v) is 7.08. The number of hydrogen-bond donors (Lipinski definition) is 2. The summed E-state index contributed by atoms with van der Waals surface area (Å²) in [5, 5.41) is 9.14. The molecule has 0 amide bonds. The zero-order valence-electron chi connectivity index (χ0n) is 9.71. The van der Waals surface area contributed by atoms with E-state index in [1.54, 1.807) is 0 Å². The Morgan fingerprint density at radius 3 is 2.83 bits per heavy atom. The average molecular weight is 274 g/mol. The lowest BCUT2D eigenvalue weighted by Gasteiger charge is -2.22. The van der Waals surface area contributed by atoms with Crippen LogP contribution >= 0.6 is 0 Å². The van der Waals surface area contributed by atoms with Crippen LogP contribution in [0.2, 0.25) is 0 Å². The van der Waals surface area contributed by atoms with E-state index >= 15 is 0 Å². The van der Waals surface area contributed by atoms with Gasteiger partial charge in [0.15, 0.2) is 0 Å². The molecule has 3 N–H and O–H groups in total. The summed E-state index contributed by atoms with van der Waals surface area (Å²) in [5.74, 6) is -0.862. The minimum Gasteiger partial charge on any atom is -0.399 e. The van der Waals surface area contributed by atoms with E-state index < -0.39 is 26.8 Å². The molecule has 1 saturated heterocycles. The van der Waals surface area contributed by atoms with Crippen molar-refractivity contribution >= 4 is 15.7 Å². The molecule has 1 aromatic rings. The van der Waals surface area contributed by atoms with Crippen LogP contribution < -0.4 is 5.73 Å². The van der Waals surface area contributed by atoms with Crippen LogP contribution in [0.15, 0.2) is 23.1 Å². The highest BCUT2D eigenvalue weighted by Crippen LogP contribution is 2.27. The molecule has 5 nitrogen and oxygen atoms in total. The van der Waals surface area contributed by atoms with Crippen LogP contribution in [0.25, 0.3) is 0 Å². The van der Waals surface area contributed by atoms with Gasteiger partial charge in [0.25, 0.3) is 0 Å². The molecule has 1 aliphatic rings. The van der Waals surface area contributed by atoms with E-state index in [2.05, 4.69) is 0 Å². The summed E-state index contributed by atoms with van der Waals surface area (Å²) in [4.78, 5) is -0.392. The summed E-state index contributed by atoms with van der Waals surface area (Å²) in [7, 11) is -3.90. The minimum atomic E-state index is -3.90. The summed E-state index contributed by atoms with van der Waals surface area (Å²) in [5.41, 5.74) is 5.56. The van der Waals surface area contributed by atoms with Crippen molar-refractivity contribution in [1.82, 2.24) is 4.31 Å². The lowest BCUT2D eigenvalue weighted by molar-refractivity contribution is 0.213. The molecule has 1 unspecified atom stereocenters. The van der Waals surface area contributed by atoms with Crippen molar-refractivity contribution in [3.63, 3.8) is 0 Å². The predicted molar refractivity (Wildman–Crippen MR) is 64.8 cm³/mol. The zero-order valence-corrected chi connectivity index (χ0v) is 10.5. The van der Waals surface area contributed by atoms with Crippen LogP contribution in [0.1, 0.15) is 12.8 Å². The van der Waals surface area contributed by atoms with E-state index in [1.807, 2.05) is 0 Å². The van der Waals surface area contributed by atoms with Crippen LogP contribution in [0.4, 0.5) is 10.1 Å². The highest BCUT2D eigenvalue weighted by Gasteiger charge is 2.36. The van der Waals surface area contributed by atoms with Crippen molar-refractivity contribution in [2.24, 2.45) is 0 Å². The molecule has 2 rings (SSSR count). The quantitative estimate of drug-likeness (QED) is 0.789. The number of anilines is 1. The number of hydrogen-bond acceptors (Lipinski definition) is 4. The van der Waals surface area contributed by atoms with Gasteiger partial charge in [0.2, 0.25) is 10.0 Å². The van der Waals surface area contributed by atoms with Crippen molar-refractivity contribution in [1.29, 1.82) is 0 Å². The minimum absolute atomic E-state index is 0.173. The Hall–Kier alpha value is -1.18. The topological polar surface area (TPSA) is 83.6 Å². The van der Waals surface area contributed by atoms with Gasteiger partial charge in [-0.15, -0.1) is 0 Å². The molecule has 1 fully saturated rings. The molecule has 0 radical (unpaired) electrons. The van der Waals surface area contributed by atoms with Crippen LogP contribution in [-0.2, 0) is 10.0 Å². The van der Waals surface area contributed by atoms with E-state index in [-0.39, 0.29) is 12.3 Å². The van der Waals surface area contributed by atoms with Crippen molar-refractivity contribution in [3.8, 4) is 0 Å². The van der Waals surface area contributed by atoms with Crippen molar-refractivity contribution in [3.05, 3.63) is 24.0 Å². The maximum atomic E-state index is 13.7. The summed E-state index contributed by atoms with van der Waals surface area (Å²) < 4.78 is 39.4. The molecule has 1 aromatic carbocycles. The third-order valence-corrected chi connectivity index (χ3v) is 5.06. The number of halogens is 1. The molecule has 0 aliphatic carbocycles. The Morgan fingerprint density at radius 2 is 2.22 bits per heavy atom. The smallest absolute Gasteiger partial charge is 0.246 e. The predicted octanol–water partition coefficient (Wildman–Crippen LogP) is 0.553. The number of nitrogen functional groups attached to an aromatic ring is 1. The van der Waals surface area contributed by atoms with Crippen LogP contribution in [0, 0.1) is 5.82 Å². The molecule has 0 bridgehead atoms. The molecule has 1 aliphatic heterocycles. The van der Waals surface area contributed by atoms with Gasteiger partial charge in [-0.3, -0.25) is 0 Å². The first-order chi connectivity index (χ1) is 8.46. The fourth-order valence-corrected chi connectivity index (χ4v) is 3.89. The van der Waals surface area contributed by atoms with E-state index in [0.29, 0.717) is 19.4 Å². The van der Waals surface area contributed by atoms with Gasteiger partial charge in [0, 0.05) is 18.3 Å². The van der Waals surface area contributed by atoms with Crippen molar-refractivity contribution in [2.45, 2.75) is 23.8 Å². The number of aliphatic hydroxyl groups excluding tert-OH is 1. The molecule has 0 saturated carbocycles. The Bertz CT molecular complexity index is 547. The third-order valence-electron chi connectivity index (χ3n) is 3.08. The standard InChI is InChI=1S/C11H15FN2O3S/c12-10-6-8(13)3-4-11(10)18(16,17)14-5-1-2-9(14)7-15/h3-4,6,9,15H,1-2,5,7,13H2. The molecular weight excluding hydrogens is 259 g/mol. The average Bonchev–Trinajstić information content (AvgIpc) is 2.76. The van der Waals surface area contributed by atoms with Gasteiger partial charge in [-0.25, -0.2) is 12.8 Å². The Morgan fingerprint density at radius 1 is 1.50 bits per heavy atom. The second-order valence-corrected chi connectivity index (χ2v) is 6.14. The van der Waals surface area contributed by atoms with Gasteiger partial charge >= 0.3 is 0 Å². The van der Waals surface area contributed by atoms with Gasteiger partial charge in [-0.2, -0.15) is 4.31 Å². The highest BCUT2D eigenvalue weighted by atomic mass is 32.2. The fraction of sp³-hybridized carbons (Fsp3) is 0.455. The third kappa shape index (κ3) is 2.21. The Balaban J connectivity index is 2.42. The summed E-state index contributed by atoms with van der Waals surface area (Å²) >= 11 is 0. The van der Waals surface area contributed by atoms with E-state index in [9.17, 15) is 12.8 Å². The molecular formula is C11H15FN2O3S. The normalized spacial score (nSPS) is 21.3. The maximum absolute atomic E-state index is 13.7. The van der Waals surface area contributed by atoms with Crippen LogP contribution in [0.3, 0.4) is 0 Å². The van der Waals surface area contributed by atoms with E-state index in [0.717, 1.165) is 16.4 Å². The first-order valence-electron chi connectivity index (χ1n) is 5.64. The largest absolute Gasteiger partial charge is 0.399 e. The Kier molecular flexibility index (Phi) is 3.56. The molecule has 1 atom stereocenters. The summed E-state index contributed by atoms with van der Waals surface area (Å²) in [6, 6.07) is 3.02. The van der Waals surface area contributed by atoms with E-state index in [4.69, 9.17) is 10.8 Å². The second kappa shape index (κ2) is 4.83. The van der Waals surface area contributed by atoms with Gasteiger partial charge in [0.05, 0.1) is 6.61 Å².